The number of para-hydroxylation sites is 3. The van der Waals surface area contributed by atoms with Gasteiger partial charge in [-0.2, -0.15) is 0 Å². The Morgan fingerprint density at radius 2 is 1.69 bits per heavy atom. The summed E-state index contributed by atoms with van der Waals surface area (Å²) in [5.74, 6) is 1.11. The third-order valence-electron chi connectivity index (χ3n) is 6.00. The number of amides is 2. The molecule has 0 saturated carbocycles. The number of benzene rings is 3. The molecule has 35 heavy (non-hydrogen) atoms. The highest BCUT2D eigenvalue weighted by molar-refractivity contribution is 6.05. The Bertz CT molecular complexity index is 1280. The van der Waals surface area contributed by atoms with Crippen LogP contribution in [0.3, 0.4) is 0 Å². The van der Waals surface area contributed by atoms with E-state index in [1.807, 2.05) is 49.5 Å². The lowest BCUT2D eigenvalue weighted by Crippen LogP contribution is -2.26. The van der Waals surface area contributed by atoms with E-state index in [0.717, 1.165) is 16.7 Å². The molecule has 1 aromatic heterocycles. The lowest BCUT2D eigenvalue weighted by atomic mass is 10.1. The van der Waals surface area contributed by atoms with E-state index in [0.29, 0.717) is 35.7 Å². The molecule has 1 atom stereocenters. The number of nitrogens with one attached hydrogen (secondary N) is 2. The van der Waals surface area contributed by atoms with Crippen molar-refractivity contribution < 1.29 is 18.7 Å². The van der Waals surface area contributed by atoms with Crippen molar-refractivity contribution in [2.75, 3.05) is 31.3 Å². The molecule has 7 heteroatoms. The third-order valence-corrected chi connectivity index (χ3v) is 6.00. The van der Waals surface area contributed by atoms with Crippen LogP contribution in [-0.2, 0) is 4.79 Å². The van der Waals surface area contributed by atoms with Crippen molar-refractivity contribution in [3.8, 4) is 5.75 Å². The van der Waals surface area contributed by atoms with Gasteiger partial charge in [0.25, 0.3) is 5.91 Å². The van der Waals surface area contributed by atoms with Crippen LogP contribution in [0.5, 0.6) is 5.75 Å². The quantitative estimate of drug-likeness (QED) is 0.326. The van der Waals surface area contributed by atoms with Gasteiger partial charge in [-0.05, 0) is 62.5 Å². The number of anilines is 2. The van der Waals surface area contributed by atoms with Crippen LogP contribution in [0.1, 0.15) is 35.5 Å². The van der Waals surface area contributed by atoms with E-state index in [9.17, 15) is 9.59 Å². The van der Waals surface area contributed by atoms with Crippen LogP contribution in [0.15, 0.2) is 83.3 Å². The molecule has 0 fully saturated rings. The van der Waals surface area contributed by atoms with Gasteiger partial charge in [-0.25, -0.2) is 0 Å². The van der Waals surface area contributed by atoms with E-state index in [4.69, 9.17) is 9.15 Å². The molecule has 0 aliphatic carbocycles. The number of furan rings is 1. The summed E-state index contributed by atoms with van der Waals surface area (Å²) in [6.45, 7) is 2.63. The number of carbonyl (C=O) groups excluding carboxylic acids is 2. The Balaban J connectivity index is 1.28. The van der Waals surface area contributed by atoms with Crippen molar-refractivity contribution in [1.29, 1.82) is 0 Å². The summed E-state index contributed by atoms with van der Waals surface area (Å²) in [5, 5.41) is 6.80. The van der Waals surface area contributed by atoms with Crippen LogP contribution in [0.25, 0.3) is 11.0 Å². The summed E-state index contributed by atoms with van der Waals surface area (Å²) in [7, 11) is 3.53. The molecular weight excluding hydrogens is 442 g/mol. The highest BCUT2D eigenvalue weighted by Gasteiger charge is 2.17. The van der Waals surface area contributed by atoms with Gasteiger partial charge in [-0.1, -0.05) is 30.3 Å². The van der Waals surface area contributed by atoms with Gasteiger partial charge in [0.15, 0.2) is 0 Å². The van der Waals surface area contributed by atoms with Gasteiger partial charge >= 0.3 is 0 Å². The Hall–Kier alpha value is -4.10. The SMILES string of the molecule is COc1ccccc1NC(=O)c1ccc(NC(=O)CCN(C)C(C)c2cc3ccccc3o2)cc1. The van der Waals surface area contributed by atoms with Crippen LogP contribution < -0.4 is 15.4 Å². The average molecular weight is 472 g/mol. The summed E-state index contributed by atoms with van der Waals surface area (Å²) < 4.78 is 11.2. The van der Waals surface area contributed by atoms with E-state index in [-0.39, 0.29) is 17.9 Å². The highest BCUT2D eigenvalue weighted by atomic mass is 16.5. The largest absolute Gasteiger partial charge is 0.495 e. The standard InChI is InChI=1S/C28H29N3O4/c1-19(26-18-21-8-4-6-10-24(21)35-26)31(2)17-16-27(32)29-22-14-12-20(13-15-22)28(33)30-23-9-5-7-11-25(23)34-3/h4-15,18-19H,16-17H2,1-3H3,(H,29,32)(H,30,33). The fourth-order valence-electron chi connectivity index (χ4n) is 3.77. The van der Waals surface area contributed by atoms with Gasteiger partial charge in [-0.15, -0.1) is 0 Å². The topological polar surface area (TPSA) is 83.8 Å². The second kappa shape index (κ2) is 10.9. The Labute approximate surface area is 204 Å². The van der Waals surface area contributed by atoms with E-state index < -0.39 is 0 Å². The second-order valence-corrected chi connectivity index (χ2v) is 8.37. The molecule has 4 aromatic rings. The van der Waals surface area contributed by atoms with Crippen LogP contribution in [0, 0.1) is 0 Å². The smallest absolute Gasteiger partial charge is 0.255 e. The molecule has 180 valence electrons. The molecule has 1 heterocycles. The summed E-state index contributed by atoms with van der Waals surface area (Å²) >= 11 is 0. The lowest BCUT2D eigenvalue weighted by Gasteiger charge is -2.22. The highest BCUT2D eigenvalue weighted by Crippen LogP contribution is 2.27. The zero-order chi connectivity index (χ0) is 24.8. The first-order valence-electron chi connectivity index (χ1n) is 11.5. The van der Waals surface area contributed by atoms with Crippen molar-refractivity contribution in [2.24, 2.45) is 0 Å². The van der Waals surface area contributed by atoms with Gasteiger partial charge < -0.3 is 19.8 Å². The van der Waals surface area contributed by atoms with E-state index >= 15 is 0 Å². The second-order valence-electron chi connectivity index (χ2n) is 8.37. The molecule has 7 nitrogen and oxygen atoms in total. The predicted octanol–water partition coefficient (Wildman–Crippen LogP) is 5.72. The monoisotopic (exact) mass is 471 g/mol. The number of hydrogen-bond acceptors (Lipinski definition) is 5. The van der Waals surface area contributed by atoms with E-state index in [2.05, 4.69) is 22.5 Å². The van der Waals surface area contributed by atoms with Crippen molar-refractivity contribution in [3.63, 3.8) is 0 Å². The third kappa shape index (κ3) is 5.88. The Morgan fingerprint density at radius 1 is 0.971 bits per heavy atom. The van der Waals surface area contributed by atoms with Crippen LogP contribution in [0.4, 0.5) is 11.4 Å². The van der Waals surface area contributed by atoms with Crippen LogP contribution in [0.2, 0.25) is 0 Å². The molecule has 0 saturated heterocycles. The number of hydrogen-bond donors (Lipinski definition) is 2. The van der Waals surface area contributed by atoms with E-state index in [1.54, 1.807) is 43.5 Å². The number of fused-ring (bicyclic) bond motifs is 1. The number of ether oxygens (including phenoxy) is 1. The first kappa shape index (κ1) is 24.0. The summed E-state index contributed by atoms with van der Waals surface area (Å²) in [6.07, 6.45) is 0.330. The minimum atomic E-state index is -0.256. The molecule has 0 spiro atoms. The summed E-state index contributed by atoms with van der Waals surface area (Å²) in [4.78, 5) is 27.1. The van der Waals surface area contributed by atoms with Gasteiger partial charge in [0.2, 0.25) is 5.91 Å². The summed E-state index contributed by atoms with van der Waals surface area (Å²) in [5.41, 5.74) is 2.57. The fraction of sp³-hybridized carbons (Fsp3) is 0.214. The molecule has 0 bridgehead atoms. The van der Waals surface area contributed by atoms with Crippen molar-refractivity contribution in [3.05, 3.63) is 90.2 Å². The number of carbonyl (C=O) groups is 2. The maximum Gasteiger partial charge on any atom is 0.255 e. The van der Waals surface area contributed by atoms with E-state index in [1.165, 1.54) is 0 Å². The van der Waals surface area contributed by atoms with Crippen molar-refractivity contribution in [2.45, 2.75) is 19.4 Å². The zero-order valence-electron chi connectivity index (χ0n) is 20.1. The maximum absolute atomic E-state index is 12.6. The van der Waals surface area contributed by atoms with Crippen molar-refractivity contribution in [1.82, 2.24) is 4.90 Å². The minimum Gasteiger partial charge on any atom is -0.495 e. The Morgan fingerprint density at radius 3 is 2.43 bits per heavy atom. The van der Waals surface area contributed by atoms with Crippen LogP contribution >= 0.6 is 0 Å². The van der Waals surface area contributed by atoms with Crippen molar-refractivity contribution >= 4 is 34.2 Å². The lowest BCUT2D eigenvalue weighted by molar-refractivity contribution is -0.116. The number of nitrogens with zero attached hydrogens (tertiary/aromatic N) is 1. The fourth-order valence-corrected chi connectivity index (χ4v) is 3.77. The van der Waals surface area contributed by atoms with Gasteiger partial charge in [0, 0.05) is 29.6 Å². The zero-order valence-corrected chi connectivity index (χ0v) is 20.1. The molecule has 1 unspecified atom stereocenters. The van der Waals surface area contributed by atoms with Gasteiger partial charge in [0.05, 0.1) is 18.8 Å². The molecule has 3 aromatic carbocycles. The Kier molecular flexibility index (Phi) is 7.48. The molecule has 4 rings (SSSR count). The minimum absolute atomic E-state index is 0.0382. The summed E-state index contributed by atoms with van der Waals surface area (Å²) in [6, 6.07) is 24.0. The average Bonchev–Trinajstić information content (AvgIpc) is 3.32. The molecule has 0 radical (unpaired) electrons. The van der Waals surface area contributed by atoms with Gasteiger partial charge in [0.1, 0.15) is 17.1 Å². The van der Waals surface area contributed by atoms with Crippen LogP contribution in [-0.4, -0.2) is 37.4 Å². The first-order valence-corrected chi connectivity index (χ1v) is 11.5. The molecular formula is C28H29N3O4. The molecule has 2 amide bonds. The maximum atomic E-state index is 12.6. The normalized spacial score (nSPS) is 11.9. The predicted molar refractivity (Wildman–Crippen MR) is 138 cm³/mol. The molecule has 0 aliphatic heterocycles. The number of methoxy groups -OCH3 is 1. The number of rotatable bonds is 9. The first-order chi connectivity index (χ1) is 16.9. The van der Waals surface area contributed by atoms with Gasteiger partial charge in [-0.3, -0.25) is 14.5 Å². The molecule has 2 N–H and O–H groups in total. The molecule has 0 aliphatic rings.